The Morgan fingerprint density at radius 3 is 3.14 bits per heavy atom. The van der Waals surface area contributed by atoms with Gasteiger partial charge in [-0.05, 0) is 18.7 Å². The average Bonchev–Trinajstić information content (AvgIpc) is 2.79. The van der Waals surface area contributed by atoms with Gasteiger partial charge in [0.2, 0.25) is 0 Å². The monoisotopic (exact) mass is 208 g/mol. The highest BCUT2D eigenvalue weighted by Crippen LogP contribution is 2.15. The van der Waals surface area contributed by atoms with Crippen molar-refractivity contribution in [3.8, 4) is 0 Å². The summed E-state index contributed by atoms with van der Waals surface area (Å²) in [5.41, 5.74) is 6.53. The van der Waals surface area contributed by atoms with Crippen LogP contribution in [0.3, 0.4) is 0 Å². The van der Waals surface area contributed by atoms with Crippen LogP contribution in [0.2, 0.25) is 0 Å². The number of hydrogen-bond acceptors (Lipinski definition) is 4. The second-order valence-corrected chi connectivity index (χ2v) is 3.97. The predicted octanol–water partition coefficient (Wildman–Crippen LogP) is 1.83. The zero-order valence-corrected chi connectivity index (χ0v) is 8.59. The molecule has 0 aliphatic heterocycles. The third kappa shape index (κ3) is 2.21. The summed E-state index contributed by atoms with van der Waals surface area (Å²) in [6.45, 7) is 0.657. The van der Waals surface area contributed by atoms with Crippen LogP contribution in [0.1, 0.15) is 16.5 Å². The maximum absolute atomic E-state index is 5.45. The largest absolute Gasteiger partial charge is 0.469 e. The van der Waals surface area contributed by atoms with Crippen molar-refractivity contribution in [2.45, 2.75) is 12.8 Å². The van der Waals surface area contributed by atoms with E-state index in [4.69, 9.17) is 10.2 Å². The van der Waals surface area contributed by atoms with Crippen LogP contribution >= 0.6 is 11.3 Å². The normalized spacial score (nSPS) is 10.6. The molecule has 74 valence electrons. The second kappa shape index (κ2) is 4.39. The maximum atomic E-state index is 5.45. The molecular weight excluding hydrogens is 196 g/mol. The van der Waals surface area contributed by atoms with Gasteiger partial charge in [0.25, 0.3) is 0 Å². The van der Waals surface area contributed by atoms with E-state index in [1.54, 1.807) is 17.6 Å². The molecule has 2 N–H and O–H groups in total. The number of hydrogen-bond donors (Lipinski definition) is 1. The van der Waals surface area contributed by atoms with E-state index in [2.05, 4.69) is 10.4 Å². The Bertz CT molecular complexity index is 380. The fraction of sp³-hybridized carbons (Fsp3) is 0.300. The number of aromatic nitrogens is 1. The predicted molar refractivity (Wildman–Crippen MR) is 56.4 cm³/mol. The minimum Gasteiger partial charge on any atom is -0.469 e. The molecule has 2 aromatic rings. The van der Waals surface area contributed by atoms with E-state index in [-0.39, 0.29) is 0 Å². The van der Waals surface area contributed by atoms with Gasteiger partial charge in [0.1, 0.15) is 10.8 Å². The van der Waals surface area contributed by atoms with E-state index in [1.165, 1.54) is 0 Å². The SMILES string of the molecule is NCCc1csc(Cc2ccco2)n1. The maximum Gasteiger partial charge on any atom is 0.110 e. The molecule has 0 aromatic carbocycles. The topological polar surface area (TPSA) is 52.0 Å². The van der Waals surface area contributed by atoms with Gasteiger partial charge in [-0.2, -0.15) is 0 Å². The van der Waals surface area contributed by atoms with E-state index in [9.17, 15) is 0 Å². The molecule has 2 heterocycles. The lowest BCUT2D eigenvalue weighted by Gasteiger charge is -1.91. The summed E-state index contributed by atoms with van der Waals surface area (Å²) < 4.78 is 5.25. The molecule has 0 amide bonds. The van der Waals surface area contributed by atoms with Crippen molar-refractivity contribution in [2.75, 3.05) is 6.54 Å². The Morgan fingerprint density at radius 1 is 1.50 bits per heavy atom. The molecule has 0 aliphatic rings. The molecule has 2 rings (SSSR count). The lowest BCUT2D eigenvalue weighted by Crippen LogP contribution is -2.02. The summed E-state index contributed by atoms with van der Waals surface area (Å²) in [6, 6.07) is 3.85. The highest BCUT2D eigenvalue weighted by Gasteiger charge is 2.03. The number of furan rings is 1. The molecular formula is C10H12N2OS. The third-order valence-electron chi connectivity index (χ3n) is 1.91. The van der Waals surface area contributed by atoms with Gasteiger partial charge < -0.3 is 10.2 Å². The van der Waals surface area contributed by atoms with Gasteiger partial charge in [-0.3, -0.25) is 0 Å². The molecule has 0 saturated carbocycles. The summed E-state index contributed by atoms with van der Waals surface area (Å²) in [6.07, 6.45) is 3.32. The minimum absolute atomic E-state index is 0.657. The van der Waals surface area contributed by atoms with Crippen LogP contribution in [0, 0.1) is 0 Å². The van der Waals surface area contributed by atoms with E-state index >= 15 is 0 Å². The van der Waals surface area contributed by atoms with Gasteiger partial charge in [-0.25, -0.2) is 4.98 Å². The third-order valence-corrected chi connectivity index (χ3v) is 2.80. The van der Waals surface area contributed by atoms with Crippen molar-refractivity contribution in [3.63, 3.8) is 0 Å². The Hall–Kier alpha value is -1.13. The van der Waals surface area contributed by atoms with E-state index in [0.29, 0.717) is 6.54 Å². The van der Waals surface area contributed by atoms with Gasteiger partial charge in [-0.15, -0.1) is 11.3 Å². The highest BCUT2D eigenvalue weighted by molar-refractivity contribution is 7.09. The molecule has 14 heavy (non-hydrogen) atoms. The van der Waals surface area contributed by atoms with Crippen molar-refractivity contribution < 1.29 is 4.42 Å². The van der Waals surface area contributed by atoms with Gasteiger partial charge in [0.05, 0.1) is 18.4 Å². The molecule has 0 fully saturated rings. The van der Waals surface area contributed by atoms with Gasteiger partial charge >= 0.3 is 0 Å². The number of thiazole rings is 1. The summed E-state index contributed by atoms with van der Waals surface area (Å²) in [4.78, 5) is 4.45. The summed E-state index contributed by atoms with van der Waals surface area (Å²) in [5.74, 6) is 0.957. The molecule has 4 heteroatoms. The van der Waals surface area contributed by atoms with Crippen molar-refractivity contribution in [1.82, 2.24) is 4.98 Å². The highest BCUT2D eigenvalue weighted by atomic mass is 32.1. The quantitative estimate of drug-likeness (QED) is 0.834. The first-order valence-corrected chi connectivity index (χ1v) is 5.42. The zero-order valence-electron chi connectivity index (χ0n) is 7.77. The van der Waals surface area contributed by atoms with Crippen LogP contribution in [0.15, 0.2) is 28.2 Å². The molecule has 2 aromatic heterocycles. The fourth-order valence-corrected chi connectivity index (χ4v) is 2.09. The fourth-order valence-electron chi connectivity index (χ4n) is 1.26. The number of nitrogens with two attached hydrogens (primary N) is 1. The lowest BCUT2D eigenvalue weighted by atomic mass is 10.3. The summed E-state index contributed by atoms with van der Waals surface area (Å²) in [7, 11) is 0. The van der Waals surface area contributed by atoms with Gasteiger partial charge in [0.15, 0.2) is 0 Å². The van der Waals surface area contributed by atoms with Crippen LogP contribution < -0.4 is 5.73 Å². The first kappa shape index (κ1) is 9.43. The molecule has 0 unspecified atom stereocenters. The Morgan fingerprint density at radius 2 is 2.43 bits per heavy atom. The van der Waals surface area contributed by atoms with Crippen molar-refractivity contribution in [1.29, 1.82) is 0 Å². The molecule has 0 saturated heterocycles. The Labute approximate surface area is 86.6 Å². The molecule has 3 nitrogen and oxygen atoms in total. The molecule has 0 atom stereocenters. The zero-order chi connectivity index (χ0) is 9.80. The molecule has 0 bridgehead atoms. The number of rotatable bonds is 4. The molecule has 0 spiro atoms. The van der Waals surface area contributed by atoms with Crippen LogP contribution in [0.5, 0.6) is 0 Å². The Balaban J connectivity index is 2.03. The summed E-state index contributed by atoms with van der Waals surface area (Å²) in [5, 5.41) is 3.15. The Kier molecular flexibility index (Phi) is 2.96. The van der Waals surface area contributed by atoms with Crippen LogP contribution in [-0.4, -0.2) is 11.5 Å². The van der Waals surface area contributed by atoms with Crippen molar-refractivity contribution >= 4 is 11.3 Å². The van der Waals surface area contributed by atoms with Gasteiger partial charge in [0, 0.05) is 11.8 Å². The smallest absolute Gasteiger partial charge is 0.110 e. The van der Waals surface area contributed by atoms with E-state index in [0.717, 1.165) is 29.3 Å². The first-order valence-electron chi connectivity index (χ1n) is 4.54. The standard InChI is InChI=1S/C10H12N2OS/c11-4-3-8-7-14-10(12-8)6-9-2-1-5-13-9/h1-2,5,7H,3-4,6,11H2. The van der Waals surface area contributed by atoms with Gasteiger partial charge in [-0.1, -0.05) is 0 Å². The number of nitrogens with zero attached hydrogens (tertiary/aromatic N) is 1. The van der Waals surface area contributed by atoms with Crippen LogP contribution in [-0.2, 0) is 12.8 Å². The van der Waals surface area contributed by atoms with Crippen molar-refractivity contribution in [3.05, 3.63) is 40.2 Å². The molecule has 0 aliphatic carbocycles. The van der Waals surface area contributed by atoms with Crippen LogP contribution in [0.25, 0.3) is 0 Å². The lowest BCUT2D eigenvalue weighted by molar-refractivity contribution is 0.520. The first-order chi connectivity index (χ1) is 6.88. The average molecular weight is 208 g/mol. The summed E-state index contributed by atoms with van der Waals surface area (Å²) >= 11 is 1.66. The second-order valence-electron chi connectivity index (χ2n) is 3.03. The molecule has 0 radical (unpaired) electrons. The minimum atomic E-state index is 0.657. The van der Waals surface area contributed by atoms with E-state index in [1.807, 2.05) is 12.1 Å². The van der Waals surface area contributed by atoms with Crippen molar-refractivity contribution in [2.24, 2.45) is 5.73 Å². The van der Waals surface area contributed by atoms with Crippen LogP contribution in [0.4, 0.5) is 0 Å². The van der Waals surface area contributed by atoms with E-state index < -0.39 is 0 Å².